The highest BCUT2D eigenvalue weighted by Crippen LogP contribution is 2.33. The van der Waals surface area contributed by atoms with Crippen LogP contribution >= 0.6 is 22.7 Å². The average molecular weight is 634 g/mol. The van der Waals surface area contributed by atoms with Crippen LogP contribution < -0.4 is 9.75 Å². The molecule has 2 aromatic heterocycles. The predicted molar refractivity (Wildman–Crippen MR) is 166 cm³/mol. The Morgan fingerprint density at radius 3 is 2.56 bits per heavy atom. The van der Waals surface area contributed by atoms with Crippen LogP contribution in [0.4, 0.5) is 10.1 Å². The minimum atomic E-state index is -3.79. The van der Waals surface area contributed by atoms with Crippen molar-refractivity contribution in [1.29, 1.82) is 0 Å². The van der Waals surface area contributed by atoms with Crippen molar-refractivity contribution < 1.29 is 22.9 Å². The molecule has 1 aliphatic rings. The number of benzene rings is 3. The van der Waals surface area contributed by atoms with E-state index < -0.39 is 20.9 Å². The first kappa shape index (κ1) is 28.6. The molecule has 0 saturated heterocycles. The molecule has 0 spiro atoms. The van der Waals surface area contributed by atoms with E-state index in [4.69, 9.17) is 4.74 Å². The van der Waals surface area contributed by atoms with Crippen LogP contribution in [-0.2, 0) is 23.0 Å². The molecule has 5 aromatic rings. The smallest absolute Gasteiger partial charge is 0.324 e. The minimum Gasteiger partial charge on any atom is -0.497 e. The summed E-state index contributed by atoms with van der Waals surface area (Å²) in [7, 11) is -2.24. The van der Waals surface area contributed by atoms with Crippen LogP contribution in [0.25, 0.3) is 10.2 Å². The Bertz CT molecular complexity index is 1990. The van der Waals surface area contributed by atoms with Crippen molar-refractivity contribution in [3.8, 4) is 5.75 Å². The van der Waals surface area contributed by atoms with Gasteiger partial charge in [0.25, 0.3) is 5.91 Å². The molecule has 14 heteroatoms. The Balaban J connectivity index is 1.30. The van der Waals surface area contributed by atoms with Crippen LogP contribution in [0.15, 0.2) is 88.9 Å². The maximum Gasteiger partial charge on any atom is 0.324 e. The second-order valence-electron chi connectivity index (χ2n) is 9.51. The van der Waals surface area contributed by atoms with Gasteiger partial charge in [-0.15, -0.1) is 0 Å². The molecule has 3 heterocycles. The molecule has 218 valence electrons. The molecular formula is C29H23N5O6S3. The van der Waals surface area contributed by atoms with Crippen molar-refractivity contribution in [2.75, 3.05) is 18.7 Å². The van der Waals surface area contributed by atoms with E-state index in [0.29, 0.717) is 29.1 Å². The van der Waals surface area contributed by atoms with Crippen LogP contribution in [0, 0.1) is 10.1 Å². The molecule has 0 aliphatic carbocycles. The van der Waals surface area contributed by atoms with E-state index in [-0.39, 0.29) is 27.1 Å². The van der Waals surface area contributed by atoms with Crippen LogP contribution in [0.3, 0.4) is 0 Å². The summed E-state index contributed by atoms with van der Waals surface area (Å²) in [6, 6.07) is 21.7. The Morgan fingerprint density at radius 1 is 1.07 bits per heavy atom. The molecule has 0 radical (unpaired) electrons. The molecule has 0 unspecified atom stereocenters. The van der Waals surface area contributed by atoms with Crippen LogP contribution in [0.1, 0.15) is 26.4 Å². The van der Waals surface area contributed by atoms with E-state index in [2.05, 4.69) is 10.1 Å². The number of amides is 1. The monoisotopic (exact) mass is 633 g/mol. The van der Waals surface area contributed by atoms with E-state index >= 15 is 0 Å². The lowest BCUT2D eigenvalue weighted by Gasteiger charge is -2.28. The summed E-state index contributed by atoms with van der Waals surface area (Å²) in [5.74, 6) is 0.0770. The van der Waals surface area contributed by atoms with Gasteiger partial charge in [-0.1, -0.05) is 46.9 Å². The molecule has 11 nitrogen and oxygen atoms in total. The van der Waals surface area contributed by atoms with Gasteiger partial charge < -0.3 is 4.74 Å². The molecule has 0 N–H and O–H groups in total. The normalized spacial score (nSPS) is 13.7. The van der Waals surface area contributed by atoms with Gasteiger partial charge in [-0.25, -0.2) is 13.4 Å². The van der Waals surface area contributed by atoms with E-state index in [1.165, 1.54) is 58.3 Å². The Hall–Kier alpha value is -4.50. The van der Waals surface area contributed by atoms with Gasteiger partial charge >= 0.3 is 5.00 Å². The van der Waals surface area contributed by atoms with E-state index in [1.54, 1.807) is 25.3 Å². The molecular weight excluding hydrogens is 611 g/mol. The summed E-state index contributed by atoms with van der Waals surface area (Å²) in [6.45, 7) is 0.650. The molecule has 43 heavy (non-hydrogen) atoms. The number of aromatic nitrogens is 1. The molecule has 0 atom stereocenters. The Kier molecular flexibility index (Phi) is 7.75. The summed E-state index contributed by atoms with van der Waals surface area (Å²) in [5, 5.41) is 16.8. The zero-order valence-electron chi connectivity index (χ0n) is 22.6. The number of methoxy groups -OCH3 is 1. The number of ether oxygens (including phenoxy) is 1. The summed E-state index contributed by atoms with van der Waals surface area (Å²) in [4.78, 5) is 29.5. The summed E-state index contributed by atoms with van der Waals surface area (Å²) in [5.41, 5.74) is 2.93. The molecule has 6 rings (SSSR count). The highest BCUT2D eigenvalue weighted by molar-refractivity contribution is 7.89. The van der Waals surface area contributed by atoms with Gasteiger partial charge in [0.2, 0.25) is 15.2 Å². The lowest BCUT2D eigenvalue weighted by atomic mass is 10.0. The number of thiazole rings is 1. The molecule has 3 aromatic carbocycles. The highest BCUT2D eigenvalue weighted by Gasteiger charge is 2.29. The van der Waals surface area contributed by atoms with E-state index in [0.717, 1.165) is 32.2 Å². The first-order valence-corrected chi connectivity index (χ1v) is 16.0. The number of hydrazone groups is 1. The number of sulfonamides is 1. The van der Waals surface area contributed by atoms with Gasteiger partial charge in [-0.3, -0.25) is 14.9 Å². The fourth-order valence-electron chi connectivity index (χ4n) is 4.64. The fraction of sp³-hybridized carbons (Fsp3) is 0.138. The first-order chi connectivity index (χ1) is 20.7. The first-order valence-electron chi connectivity index (χ1n) is 13.0. The second-order valence-corrected chi connectivity index (χ2v) is 13.5. The molecule has 0 bridgehead atoms. The van der Waals surface area contributed by atoms with Crippen LogP contribution in [0.2, 0.25) is 0 Å². The predicted octanol–water partition coefficient (Wildman–Crippen LogP) is 5.70. The maximum absolute atomic E-state index is 13.8. The van der Waals surface area contributed by atoms with Crippen LogP contribution in [-0.4, -0.2) is 48.4 Å². The second kappa shape index (κ2) is 11.6. The number of thiophene rings is 1. The fourth-order valence-corrected chi connectivity index (χ4v) is 7.70. The molecule has 0 fully saturated rings. The zero-order chi connectivity index (χ0) is 30.1. The third-order valence-corrected chi connectivity index (χ3v) is 10.7. The number of carbonyl (C=O) groups is 1. The number of nitro groups is 1. The quantitative estimate of drug-likeness (QED) is 0.121. The van der Waals surface area contributed by atoms with Gasteiger partial charge in [0.05, 0.1) is 38.2 Å². The topological polar surface area (TPSA) is 135 Å². The number of carbonyl (C=O) groups excluding carboxylic acids is 1. The van der Waals surface area contributed by atoms with Crippen molar-refractivity contribution >= 4 is 65.2 Å². The van der Waals surface area contributed by atoms with Gasteiger partial charge in [-0.05, 0) is 66.1 Å². The number of fused-ring (bicyclic) bond motifs is 2. The largest absolute Gasteiger partial charge is 0.497 e. The summed E-state index contributed by atoms with van der Waals surface area (Å²) in [6.07, 6.45) is 1.98. The van der Waals surface area contributed by atoms with Crippen molar-refractivity contribution in [3.05, 3.63) is 111 Å². The van der Waals surface area contributed by atoms with Crippen molar-refractivity contribution in [3.63, 3.8) is 0 Å². The highest BCUT2D eigenvalue weighted by atomic mass is 32.2. The molecule has 0 saturated carbocycles. The van der Waals surface area contributed by atoms with Crippen molar-refractivity contribution in [2.24, 2.45) is 5.10 Å². The third-order valence-electron chi connectivity index (χ3n) is 6.89. The van der Waals surface area contributed by atoms with Gasteiger partial charge in [0, 0.05) is 24.7 Å². The number of hydrogen-bond acceptors (Lipinski definition) is 10. The molecule has 1 aliphatic heterocycles. The molecule has 1 amide bonds. The van der Waals surface area contributed by atoms with Crippen LogP contribution in [0.5, 0.6) is 5.75 Å². The lowest BCUT2D eigenvalue weighted by Crippen LogP contribution is -2.36. The summed E-state index contributed by atoms with van der Waals surface area (Å²) < 4.78 is 34.4. The lowest BCUT2D eigenvalue weighted by molar-refractivity contribution is -0.380. The number of hydrogen-bond donors (Lipinski definition) is 0. The number of nitrogens with zero attached hydrogens (tertiary/aromatic N) is 5. The SMILES string of the molecule is COc1ccc2nc(N(/N=C/c3ccc([N+](=O)[O-])s3)C(=O)c3ccc(S(=O)(=O)N4CCc5ccccc5C4)cc3)sc2c1. The third kappa shape index (κ3) is 5.77. The zero-order valence-corrected chi connectivity index (χ0v) is 25.1. The Labute approximate surface area is 254 Å². The minimum absolute atomic E-state index is 0.0552. The van der Waals surface area contributed by atoms with Crippen molar-refractivity contribution in [2.45, 2.75) is 17.9 Å². The van der Waals surface area contributed by atoms with Gasteiger partial charge in [0.1, 0.15) is 5.75 Å². The van der Waals surface area contributed by atoms with E-state index in [1.807, 2.05) is 24.3 Å². The van der Waals surface area contributed by atoms with Gasteiger partial charge in [-0.2, -0.15) is 14.4 Å². The summed E-state index contributed by atoms with van der Waals surface area (Å²) >= 11 is 2.13. The van der Waals surface area contributed by atoms with Crippen molar-refractivity contribution in [1.82, 2.24) is 9.29 Å². The van der Waals surface area contributed by atoms with E-state index in [9.17, 15) is 23.3 Å². The Morgan fingerprint density at radius 2 is 1.84 bits per heavy atom. The number of rotatable bonds is 8. The maximum atomic E-state index is 13.8. The van der Waals surface area contributed by atoms with Gasteiger partial charge in [0.15, 0.2) is 0 Å². The standard InChI is InChI=1S/C29H23N5O6S3/c1-40-22-8-12-25-26(16-22)42-29(31-25)33(30-17-23-9-13-27(41-23)34(36)37)28(35)20-6-10-24(11-7-20)43(38,39)32-15-14-19-4-2-3-5-21(19)18-32/h2-13,16-17H,14-15,18H2,1H3/b30-17+. The average Bonchev–Trinajstić information content (AvgIpc) is 3.68. The number of anilines is 1.